The molecule has 0 saturated heterocycles. The monoisotopic (exact) mass is 833 g/mol. The number of nitrogens with zero attached hydrogens (tertiary/aromatic N) is 1. The summed E-state index contributed by atoms with van der Waals surface area (Å²) >= 11 is 1.92. The van der Waals surface area contributed by atoms with Gasteiger partial charge in [-0.1, -0.05) is 214 Å². The minimum atomic E-state index is -0.451. The maximum atomic E-state index is 2.54. The van der Waals surface area contributed by atoms with E-state index in [-0.39, 0.29) is 5.41 Å². The van der Waals surface area contributed by atoms with Gasteiger partial charge in [-0.25, -0.2) is 0 Å². The number of thiophene rings is 1. The number of hydrogen-bond acceptors (Lipinski definition) is 2. The van der Waals surface area contributed by atoms with E-state index in [1.54, 1.807) is 0 Å². The van der Waals surface area contributed by atoms with Crippen LogP contribution in [0.25, 0.3) is 64.3 Å². The van der Waals surface area contributed by atoms with Crippen molar-refractivity contribution in [3.05, 3.63) is 258 Å². The van der Waals surface area contributed by atoms with Crippen LogP contribution < -0.4 is 4.90 Å². The van der Waals surface area contributed by atoms with Crippen LogP contribution in [0.1, 0.15) is 47.2 Å². The number of benzene rings is 10. The Hall–Kier alpha value is -7.52. The maximum Gasteiger partial charge on any atom is 0.0713 e. The standard InChI is InChI=1S/C62H43NS/c1-61(2)51-28-13-11-24-49(51)58-53(61)30-17-32-55(58)63(56-33-16-27-47-48-39-36-40-18-9-10-23-46(40)59(48)64-60(47)56)44-37-34-41(35-38-44)45-26-15-31-54-57(45)50-25-12-14-29-52(50)62(54,42-19-5-3-6-20-42)43-21-7-4-8-22-43/h3-39H,1-2H3. The van der Waals surface area contributed by atoms with E-state index < -0.39 is 5.41 Å². The molecule has 0 aliphatic heterocycles. The predicted octanol–water partition coefficient (Wildman–Crippen LogP) is 17.0. The van der Waals surface area contributed by atoms with Gasteiger partial charge in [-0.3, -0.25) is 0 Å². The normalized spacial score (nSPS) is 14.0. The summed E-state index contributed by atoms with van der Waals surface area (Å²) in [5.41, 5.74) is 18.5. The quantitative estimate of drug-likeness (QED) is 0.161. The first-order valence-electron chi connectivity index (χ1n) is 22.3. The predicted molar refractivity (Wildman–Crippen MR) is 272 cm³/mol. The van der Waals surface area contributed by atoms with Gasteiger partial charge in [-0.15, -0.1) is 11.3 Å². The van der Waals surface area contributed by atoms with Crippen molar-refractivity contribution in [3.63, 3.8) is 0 Å². The van der Waals surface area contributed by atoms with Gasteiger partial charge in [0, 0.05) is 32.1 Å². The first-order chi connectivity index (χ1) is 31.5. The van der Waals surface area contributed by atoms with Gasteiger partial charge in [0.25, 0.3) is 0 Å². The largest absolute Gasteiger partial charge is 0.308 e. The van der Waals surface area contributed by atoms with Gasteiger partial charge >= 0.3 is 0 Å². The Kier molecular flexibility index (Phi) is 8.11. The second kappa shape index (κ2) is 14.0. The summed E-state index contributed by atoms with van der Waals surface area (Å²) in [4.78, 5) is 2.54. The van der Waals surface area contributed by atoms with Crippen molar-refractivity contribution in [2.45, 2.75) is 24.7 Å². The fraction of sp³-hybridized carbons (Fsp3) is 0.0645. The smallest absolute Gasteiger partial charge is 0.0713 e. The van der Waals surface area contributed by atoms with E-state index >= 15 is 0 Å². The number of anilines is 3. The molecule has 0 spiro atoms. The average molecular weight is 834 g/mol. The zero-order valence-corrected chi connectivity index (χ0v) is 36.5. The van der Waals surface area contributed by atoms with Crippen LogP contribution in [0.4, 0.5) is 17.1 Å². The van der Waals surface area contributed by atoms with Crippen LogP contribution in [0.3, 0.4) is 0 Å². The lowest BCUT2D eigenvalue weighted by Gasteiger charge is -2.34. The summed E-state index contributed by atoms with van der Waals surface area (Å²) in [7, 11) is 0. The number of fused-ring (bicyclic) bond motifs is 11. The van der Waals surface area contributed by atoms with Crippen molar-refractivity contribution in [3.8, 4) is 33.4 Å². The van der Waals surface area contributed by atoms with E-state index in [0.29, 0.717) is 0 Å². The van der Waals surface area contributed by atoms with E-state index in [9.17, 15) is 0 Å². The van der Waals surface area contributed by atoms with E-state index in [4.69, 9.17) is 0 Å². The fourth-order valence-corrected chi connectivity index (χ4v) is 12.9. The van der Waals surface area contributed by atoms with Gasteiger partial charge in [0.15, 0.2) is 0 Å². The minimum absolute atomic E-state index is 0.126. The van der Waals surface area contributed by atoms with E-state index in [0.717, 1.165) is 5.69 Å². The number of hydrogen-bond donors (Lipinski definition) is 0. The van der Waals surface area contributed by atoms with Crippen LogP contribution >= 0.6 is 11.3 Å². The Balaban J connectivity index is 1.04. The van der Waals surface area contributed by atoms with Crippen molar-refractivity contribution in [2.24, 2.45) is 0 Å². The molecule has 0 unspecified atom stereocenters. The molecule has 0 radical (unpaired) electrons. The SMILES string of the molecule is CC1(C)c2ccccc2-c2c(N(c3ccc(-c4cccc5c4-c4ccccc4C5(c4ccccc4)c4ccccc4)cc3)c3cccc4c3sc3c5ccccc5ccc43)cccc21. The lowest BCUT2D eigenvalue weighted by Crippen LogP contribution is -2.28. The maximum absolute atomic E-state index is 2.54. The highest BCUT2D eigenvalue weighted by molar-refractivity contribution is 7.27. The zero-order valence-electron chi connectivity index (χ0n) is 35.7. The number of rotatable bonds is 6. The molecule has 0 bridgehead atoms. The molecule has 13 rings (SSSR count). The van der Waals surface area contributed by atoms with E-state index in [1.807, 2.05) is 11.3 Å². The molecule has 64 heavy (non-hydrogen) atoms. The van der Waals surface area contributed by atoms with Gasteiger partial charge in [0.2, 0.25) is 0 Å². The molecule has 0 amide bonds. The summed E-state index contributed by atoms with van der Waals surface area (Å²) in [6.45, 7) is 4.75. The molecule has 0 N–H and O–H groups in total. The van der Waals surface area contributed by atoms with Crippen LogP contribution in [0.5, 0.6) is 0 Å². The van der Waals surface area contributed by atoms with E-state index in [2.05, 4.69) is 243 Å². The summed E-state index contributed by atoms with van der Waals surface area (Å²) in [5.74, 6) is 0. The highest BCUT2D eigenvalue weighted by Crippen LogP contribution is 2.59. The van der Waals surface area contributed by atoms with Crippen LogP contribution in [-0.2, 0) is 10.8 Å². The van der Waals surface area contributed by atoms with E-state index in [1.165, 1.54) is 109 Å². The lowest BCUT2D eigenvalue weighted by atomic mass is 9.67. The Morgan fingerprint density at radius 3 is 1.67 bits per heavy atom. The van der Waals surface area contributed by atoms with Gasteiger partial charge in [0.1, 0.15) is 0 Å². The molecule has 1 heterocycles. The van der Waals surface area contributed by atoms with Crippen molar-refractivity contribution in [1.29, 1.82) is 0 Å². The van der Waals surface area contributed by atoms with Crippen LogP contribution in [0.15, 0.2) is 224 Å². The fourth-order valence-electron chi connectivity index (χ4n) is 11.5. The van der Waals surface area contributed by atoms with Crippen LogP contribution in [0.2, 0.25) is 0 Å². The summed E-state index contributed by atoms with van der Waals surface area (Å²) in [5, 5.41) is 5.17. The molecule has 10 aromatic carbocycles. The molecule has 2 aliphatic carbocycles. The van der Waals surface area contributed by atoms with Crippen molar-refractivity contribution >= 4 is 59.3 Å². The second-order valence-corrected chi connectivity index (χ2v) is 18.9. The Morgan fingerprint density at radius 1 is 0.359 bits per heavy atom. The van der Waals surface area contributed by atoms with Gasteiger partial charge < -0.3 is 4.90 Å². The molecule has 0 fully saturated rings. The third kappa shape index (κ3) is 5.12. The van der Waals surface area contributed by atoms with Crippen LogP contribution in [-0.4, -0.2) is 0 Å². The average Bonchev–Trinajstić information content (AvgIpc) is 3.97. The molecule has 2 heteroatoms. The zero-order chi connectivity index (χ0) is 42.6. The third-order valence-corrected chi connectivity index (χ3v) is 15.6. The molecular weight excluding hydrogens is 791 g/mol. The van der Waals surface area contributed by atoms with Gasteiger partial charge in [0.05, 0.1) is 21.5 Å². The highest BCUT2D eigenvalue weighted by atomic mass is 32.1. The van der Waals surface area contributed by atoms with Crippen molar-refractivity contribution in [2.75, 3.05) is 4.90 Å². The molecule has 302 valence electrons. The lowest BCUT2D eigenvalue weighted by molar-refractivity contribution is 0.660. The minimum Gasteiger partial charge on any atom is -0.308 e. The Morgan fingerprint density at radius 2 is 0.906 bits per heavy atom. The first kappa shape index (κ1) is 37.1. The van der Waals surface area contributed by atoms with Crippen molar-refractivity contribution < 1.29 is 0 Å². The molecule has 0 atom stereocenters. The van der Waals surface area contributed by atoms with Crippen molar-refractivity contribution in [1.82, 2.24) is 0 Å². The van der Waals surface area contributed by atoms with Gasteiger partial charge in [-0.2, -0.15) is 0 Å². The Bertz CT molecular complexity index is 3590. The highest BCUT2D eigenvalue weighted by Gasteiger charge is 2.47. The first-order valence-corrected chi connectivity index (χ1v) is 23.2. The molecular formula is C62H43NS. The topological polar surface area (TPSA) is 3.24 Å². The third-order valence-electron chi connectivity index (χ3n) is 14.4. The molecule has 1 nitrogen and oxygen atoms in total. The molecule has 2 aliphatic rings. The van der Waals surface area contributed by atoms with Crippen LogP contribution in [0, 0.1) is 0 Å². The molecule has 1 aromatic heterocycles. The molecule has 11 aromatic rings. The summed E-state index contributed by atoms with van der Waals surface area (Å²) < 4.78 is 2.62. The Labute approximate surface area is 378 Å². The summed E-state index contributed by atoms with van der Waals surface area (Å²) in [6, 6.07) is 83.8. The second-order valence-electron chi connectivity index (χ2n) is 17.9. The summed E-state index contributed by atoms with van der Waals surface area (Å²) in [6.07, 6.45) is 0. The van der Waals surface area contributed by atoms with Gasteiger partial charge in [-0.05, 0) is 96.2 Å². The molecule has 0 saturated carbocycles.